The molecule has 0 aliphatic carbocycles. The Balaban J connectivity index is 2.34. The molecule has 102 valence electrons. The lowest BCUT2D eigenvalue weighted by Crippen LogP contribution is -2.36. The molecule has 1 aromatic rings. The SMILES string of the molecule is O=C(O)c1cc([N+](=O)[O-])ccc1N1CCC(O)CC1. The summed E-state index contributed by atoms with van der Waals surface area (Å²) in [6, 6.07) is 3.83. The highest BCUT2D eigenvalue weighted by Gasteiger charge is 2.23. The molecule has 0 atom stereocenters. The number of aliphatic hydroxyl groups is 1. The van der Waals surface area contributed by atoms with Crippen molar-refractivity contribution in [2.75, 3.05) is 18.0 Å². The number of aromatic carboxylic acids is 1. The lowest BCUT2D eigenvalue weighted by Gasteiger charge is -2.32. The molecule has 0 amide bonds. The van der Waals surface area contributed by atoms with Gasteiger partial charge in [0.1, 0.15) is 0 Å². The second-order valence-electron chi connectivity index (χ2n) is 4.48. The fraction of sp³-hybridized carbons (Fsp3) is 0.417. The maximum atomic E-state index is 11.2. The van der Waals surface area contributed by atoms with E-state index in [9.17, 15) is 20.0 Å². The van der Waals surface area contributed by atoms with Gasteiger partial charge in [0.15, 0.2) is 0 Å². The maximum absolute atomic E-state index is 11.2. The average molecular weight is 266 g/mol. The van der Waals surface area contributed by atoms with E-state index in [1.807, 2.05) is 4.90 Å². The quantitative estimate of drug-likeness (QED) is 0.630. The van der Waals surface area contributed by atoms with E-state index in [0.29, 0.717) is 31.6 Å². The summed E-state index contributed by atoms with van der Waals surface area (Å²) in [4.78, 5) is 23.1. The van der Waals surface area contributed by atoms with Gasteiger partial charge < -0.3 is 15.1 Å². The first kappa shape index (κ1) is 13.3. The van der Waals surface area contributed by atoms with Crippen LogP contribution >= 0.6 is 0 Å². The number of aliphatic hydroxyl groups excluding tert-OH is 1. The minimum absolute atomic E-state index is 0.0782. The summed E-state index contributed by atoms with van der Waals surface area (Å²) in [7, 11) is 0. The van der Waals surface area contributed by atoms with E-state index in [2.05, 4.69) is 0 Å². The van der Waals surface area contributed by atoms with Gasteiger partial charge in [-0.25, -0.2) is 4.79 Å². The van der Waals surface area contributed by atoms with Crippen LogP contribution in [0.2, 0.25) is 0 Å². The predicted octanol–water partition coefficient (Wildman–Crippen LogP) is 1.25. The number of hydrogen-bond donors (Lipinski definition) is 2. The molecule has 0 aromatic heterocycles. The predicted molar refractivity (Wildman–Crippen MR) is 67.5 cm³/mol. The molecule has 7 heteroatoms. The largest absolute Gasteiger partial charge is 0.478 e. The van der Waals surface area contributed by atoms with Crippen LogP contribution in [0.25, 0.3) is 0 Å². The number of nitro benzene ring substituents is 1. The zero-order chi connectivity index (χ0) is 14.0. The number of nitro groups is 1. The highest BCUT2D eigenvalue weighted by atomic mass is 16.6. The third kappa shape index (κ3) is 2.82. The Morgan fingerprint density at radius 1 is 1.37 bits per heavy atom. The van der Waals surface area contributed by atoms with Crippen molar-refractivity contribution < 1.29 is 19.9 Å². The first-order valence-corrected chi connectivity index (χ1v) is 5.94. The van der Waals surface area contributed by atoms with Gasteiger partial charge in [-0.2, -0.15) is 0 Å². The Hall–Kier alpha value is -2.15. The van der Waals surface area contributed by atoms with Crippen LogP contribution in [0.5, 0.6) is 0 Å². The van der Waals surface area contributed by atoms with E-state index >= 15 is 0 Å². The fourth-order valence-electron chi connectivity index (χ4n) is 2.19. The molecule has 7 nitrogen and oxygen atoms in total. The number of piperidine rings is 1. The number of rotatable bonds is 3. The molecule has 19 heavy (non-hydrogen) atoms. The molecule has 2 N–H and O–H groups in total. The molecule has 0 spiro atoms. The summed E-state index contributed by atoms with van der Waals surface area (Å²) in [5, 5.41) is 29.3. The van der Waals surface area contributed by atoms with Gasteiger partial charge in [0.2, 0.25) is 0 Å². The Bertz CT molecular complexity index is 509. The van der Waals surface area contributed by atoms with E-state index in [1.165, 1.54) is 12.1 Å². The highest BCUT2D eigenvalue weighted by molar-refractivity contribution is 5.95. The molecule has 1 fully saturated rings. The van der Waals surface area contributed by atoms with Crippen molar-refractivity contribution in [2.24, 2.45) is 0 Å². The van der Waals surface area contributed by atoms with E-state index in [1.54, 1.807) is 0 Å². The number of anilines is 1. The second-order valence-corrected chi connectivity index (χ2v) is 4.48. The highest BCUT2D eigenvalue weighted by Crippen LogP contribution is 2.28. The average Bonchev–Trinajstić information content (AvgIpc) is 2.38. The normalized spacial score (nSPS) is 16.4. The lowest BCUT2D eigenvalue weighted by atomic mass is 10.0. The third-order valence-electron chi connectivity index (χ3n) is 3.23. The van der Waals surface area contributed by atoms with Crippen molar-refractivity contribution in [1.29, 1.82) is 0 Å². The minimum Gasteiger partial charge on any atom is -0.478 e. The van der Waals surface area contributed by atoms with Crippen LogP contribution in [-0.4, -0.2) is 40.3 Å². The fourth-order valence-corrected chi connectivity index (χ4v) is 2.19. The molecule has 0 unspecified atom stereocenters. The van der Waals surface area contributed by atoms with E-state index in [-0.39, 0.29) is 17.4 Å². The molecule has 2 rings (SSSR count). The number of carboxylic acids is 1. The van der Waals surface area contributed by atoms with Crippen molar-refractivity contribution in [2.45, 2.75) is 18.9 Å². The molecule has 1 heterocycles. The van der Waals surface area contributed by atoms with E-state index in [4.69, 9.17) is 5.11 Å². The number of carboxylic acid groups (broad SMARTS) is 1. The van der Waals surface area contributed by atoms with Crippen LogP contribution < -0.4 is 4.90 Å². The smallest absolute Gasteiger partial charge is 0.338 e. The maximum Gasteiger partial charge on any atom is 0.338 e. The van der Waals surface area contributed by atoms with Gasteiger partial charge in [0.05, 0.1) is 22.3 Å². The van der Waals surface area contributed by atoms with Crippen LogP contribution in [0.3, 0.4) is 0 Å². The second kappa shape index (κ2) is 5.23. The summed E-state index contributed by atoms with van der Waals surface area (Å²) in [5.41, 5.74) is 0.147. The molecule has 1 aromatic carbocycles. The summed E-state index contributed by atoms with van der Waals surface area (Å²) in [5.74, 6) is -1.19. The van der Waals surface area contributed by atoms with Crippen molar-refractivity contribution >= 4 is 17.3 Å². The standard InChI is InChI=1S/C12H14N2O5/c15-9-3-5-13(6-4-9)11-2-1-8(14(18)19)7-10(11)12(16)17/h1-2,7,9,15H,3-6H2,(H,16,17). The van der Waals surface area contributed by atoms with Crippen molar-refractivity contribution in [3.63, 3.8) is 0 Å². The van der Waals surface area contributed by atoms with Crippen LogP contribution in [0, 0.1) is 10.1 Å². The molecule has 1 aliphatic rings. The zero-order valence-corrected chi connectivity index (χ0v) is 10.2. The van der Waals surface area contributed by atoms with E-state index < -0.39 is 10.9 Å². The summed E-state index contributed by atoms with van der Waals surface area (Å²) >= 11 is 0. The number of nitrogens with zero attached hydrogens (tertiary/aromatic N) is 2. The van der Waals surface area contributed by atoms with Crippen molar-refractivity contribution in [3.8, 4) is 0 Å². The number of benzene rings is 1. The molecule has 1 aliphatic heterocycles. The summed E-state index contributed by atoms with van der Waals surface area (Å²) < 4.78 is 0. The topological polar surface area (TPSA) is 104 Å². The van der Waals surface area contributed by atoms with Gasteiger partial charge >= 0.3 is 5.97 Å². The van der Waals surface area contributed by atoms with Gasteiger partial charge in [0.25, 0.3) is 5.69 Å². The molecular weight excluding hydrogens is 252 g/mol. The Labute approximate surface area is 109 Å². The van der Waals surface area contributed by atoms with Crippen LogP contribution in [0.4, 0.5) is 11.4 Å². The van der Waals surface area contributed by atoms with Crippen LogP contribution in [0.15, 0.2) is 18.2 Å². The Morgan fingerprint density at radius 2 is 2.00 bits per heavy atom. The van der Waals surface area contributed by atoms with Crippen LogP contribution in [0.1, 0.15) is 23.2 Å². The van der Waals surface area contributed by atoms with Gasteiger partial charge in [-0.15, -0.1) is 0 Å². The van der Waals surface area contributed by atoms with Gasteiger partial charge in [-0.3, -0.25) is 10.1 Å². The first-order chi connectivity index (χ1) is 8.99. The molecule has 1 saturated heterocycles. The Kier molecular flexibility index (Phi) is 3.66. The number of non-ortho nitro benzene ring substituents is 1. The Morgan fingerprint density at radius 3 is 2.53 bits per heavy atom. The molecule has 0 bridgehead atoms. The molecule has 0 radical (unpaired) electrons. The van der Waals surface area contributed by atoms with Gasteiger partial charge in [0, 0.05) is 25.2 Å². The third-order valence-corrected chi connectivity index (χ3v) is 3.23. The lowest BCUT2D eigenvalue weighted by molar-refractivity contribution is -0.384. The van der Waals surface area contributed by atoms with Crippen LogP contribution in [-0.2, 0) is 0 Å². The zero-order valence-electron chi connectivity index (χ0n) is 10.2. The summed E-state index contributed by atoms with van der Waals surface area (Å²) in [6.07, 6.45) is 0.772. The number of carbonyl (C=O) groups is 1. The minimum atomic E-state index is -1.19. The monoisotopic (exact) mass is 266 g/mol. The molecular formula is C12H14N2O5. The van der Waals surface area contributed by atoms with Crippen molar-refractivity contribution in [1.82, 2.24) is 0 Å². The number of hydrogen-bond acceptors (Lipinski definition) is 5. The van der Waals surface area contributed by atoms with Gasteiger partial charge in [-0.1, -0.05) is 0 Å². The van der Waals surface area contributed by atoms with Crippen molar-refractivity contribution in [3.05, 3.63) is 33.9 Å². The summed E-state index contributed by atoms with van der Waals surface area (Å²) in [6.45, 7) is 1.08. The van der Waals surface area contributed by atoms with Gasteiger partial charge in [-0.05, 0) is 18.9 Å². The molecule has 0 saturated carbocycles. The van der Waals surface area contributed by atoms with E-state index in [0.717, 1.165) is 6.07 Å². The first-order valence-electron chi connectivity index (χ1n) is 5.94.